The van der Waals surface area contributed by atoms with Crippen LogP contribution in [-0.2, 0) is 0 Å². The molecule has 0 radical (unpaired) electrons. The van der Waals surface area contributed by atoms with Gasteiger partial charge in [-0.05, 0) is 61.0 Å². The quantitative estimate of drug-likeness (QED) is 0.220. The summed E-state index contributed by atoms with van der Waals surface area (Å²) < 4.78 is 24.0. The number of fused-ring (bicyclic) bond motifs is 2. The number of hydrogen-bond donors (Lipinski definition) is 0. The topological polar surface area (TPSA) is 88.1 Å². The van der Waals surface area contributed by atoms with E-state index < -0.39 is 0 Å². The molecule has 37 heavy (non-hydrogen) atoms. The smallest absolute Gasteiger partial charge is 0.282 e. The van der Waals surface area contributed by atoms with Crippen LogP contribution in [0.5, 0.6) is 17.2 Å². The van der Waals surface area contributed by atoms with Gasteiger partial charge in [0.15, 0.2) is 17.3 Å². The lowest BCUT2D eigenvalue weighted by Crippen LogP contribution is -2.20. The summed E-state index contributed by atoms with van der Waals surface area (Å²) in [5.41, 5.74) is 1.50. The molecule has 0 aliphatic heterocycles. The van der Waals surface area contributed by atoms with Gasteiger partial charge in [0.2, 0.25) is 5.82 Å². The van der Waals surface area contributed by atoms with Crippen molar-refractivity contribution < 1.29 is 18.6 Å². The van der Waals surface area contributed by atoms with E-state index in [1.165, 1.54) is 4.68 Å². The Morgan fingerprint density at radius 3 is 2.70 bits per heavy atom. The fraction of sp³-hybridized carbons (Fsp3) is 0.138. The Hall–Kier alpha value is -5.03. The summed E-state index contributed by atoms with van der Waals surface area (Å²) in [6.45, 7) is 2.44. The Labute approximate surface area is 212 Å². The number of nitrogens with zero attached hydrogens (tertiary/aromatic N) is 3. The van der Waals surface area contributed by atoms with Gasteiger partial charge in [-0.25, -0.2) is 4.98 Å². The second kappa shape index (κ2) is 10.3. The molecule has 0 atom stereocenters. The minimum absolute atomic E-state index is 0.122. The van der Waals surface area contributed by atoms with Gasteiger partial charge in [-0.1, -0.05) is 24.1 Å². The number of benzene rings is 3. The third-order valence-electron chi connectivity index (χ3n) is 5.62. The maximum absolute atomic E-state index is 13.5. The zero-order valence-electron chi connectivity index (χ0n) is 20.3. The van der Waals surface area contributed by atoms with Crippen molar-refractivity contribution in [2.45, 2.75) is 6.92 Å². The molecule has 5 aromatic rings. The molecule has 0 saturated carbocycles. The third kappa shape index (κ3) is 4.62. The third-order valence-corrected chi connectivity index (χ3v) is 5.62. The van der Waals surface area contributed by atoms with Crippen LogP contribution < -0.4 is 19.8 Å². The van der Waals surface area contributed by atoms with E-state index in [1.54, 1.807) is 55.8 Å². The van der Waals surface area contributed by atoms with Gasteiger partial charge in [-0.2, -0.15) is 9.78 Å². The van der Waals surface area contributed by atoms with Crippen molar-refractivity contribution in [3.05, 3.63) is 82.6 Å². The zero-order valence-corrected chi connectivity index (χ0v) is 20.3. The van der Waals surface area contributed by atoms with Crippen LogP contribution in [0.1, 0.15) is 12.5 Å². The molecule has 0 unspecified atom stereocenters. The van der Waals surface area contributed by atoms with Gasteiger partial charge < -0.3 is 18.6 Å². The van der Waals surface area contributed by atoms with E-state index in [4.69, 9.17) is 30.0 Å². The molecule has 8 nitrogen and oxygen atoms in total. The first kappa shape index (κ1) is 23.7. The number of ether oxygens (including phenoxy) is 3. The highest BCUT2D eigenvalue weighted by molar-refractivity contribution is 5.88. The minimum Gasteiger partial charge on any atom is -0.496 e. The molecular weight excluding hydrogens is 470 g/mol. The molecule has 0 aliphatic rings. The van der Waals surface area contributed by atoms with Crippen molar-refractivity contribution in [1.82, 2.24) is 9.66 Å². The highest BCUT2D eigenvalue weighted by Crippen LogP contribution is 2.33. The number of para-hydroxylation sites is 1. The van der Waals surface area contributed by atoms with Crippen molar-refractivity contribution >= 4 is 28.1 Å². The molecule has 8 heteroatoms. The van der Waals surface area contributed by atoms with Gasteiger partial charge in [0.25, 0.3) is 5.56 Å². The van der Waals surface area contributed by atoms with Gasteiger partial charge in [-0.3, -0.25) is 4.79 Å². The van der Waals surface area contributed by atoms with Crippen LogP contribution in [0.3, 0.4) is 0 Å². The number of methoxy groups -OCH3 is 1. The fourth-order valence-corrected chi connectivity index (χ4v) is 3.95. The summed E-state index contributed by atoms with van der Waals surface area (Å²) in [6.07, 6.45) is 6.86. The summed E-state index contributed by atoms with van der Waals surface area (Å²) in [5, 5.41) is 5.71. The normalized spacial score (nSPS) is 11.2. The Balaban J connectivity index is 1.64. The summed E-state index contributed by atoms with van der Waals surface area (Å²) in [6, 6.07) is 19.7. The van der Waals surface area contributed by atoms with Crippen molar-refractivity contribution in [1.29, 1.82) is 0 Å². The van der Waals surface area contributed by atoms with Crippen molar-refractivity contribution in [2.75, 3.05) is 20.3 Å². The lowest BCUT2D eigenvalue weighted by molar-refractivity contribution is 0.299. The summed E-state index contributed by atoms with van der Waals surface area (Å²) in [4.78, 5) is 18.2. The Kier molecular flexibility index (Phi) is 6.60. The van der Waals surface area contributed by atoms with E-state index in [-0.39, 0.29) is 18.0 Å². The molecule has 2 heterocycles. The average molecular weight is 494 g/mol. The van der Waals surface area contributed by atoms with Crippen molar-refractivity contribution in [2.24, 2.45) is 5.10 Å². The molecule has 5 rings (SSSR count). The monoisotopic (exact) mass is 493 g/mol. The number of rotatable bonds is 8. The summed E-state index contributed by atoms with van der Waals surface area (Å²) in [5.74, 6) is 4.79. The zero-order chi connectivity index (χ0) is 25.8. The minimum atomic E-state index is -0.330. The molecule has 0 saturated heterocycles. The van der Waals surface area contributed by atoms with E-state index in [9.17, 15) is 4.79 Å². The molecule has 184 valence electrons. The fourth-order valence-electron chi connectivity index (χ4n) is 3.95. The highest BCUT2D eigenvalue weighted by Gasteiger charge is 2.18. The lowest BCUT2D eigenvalue weighted by atomic mass is 10.2. The van der Waals surface area contributed by atoms with Crippen LogP contribution in [0.15, 0.2) is 81.0 Å². The van der Waals surface area contributed by atoms with Gasteiger partial charge in [0.05, 0.1) is 36.2 Å². The van der Waals surface area contributed by atoms with E-state index in [2.05, 4.69) is 11.0 Å². The molecule has 0 bridgehead atoms. The predicted octanol–water partition coefficient (Wildman–Crippen LogP) is 5.11. The first-order chi connectivity index (χ1) is 18.1. The number of terminal acetylenes is 1. The molecule has 0 spiro atoms. The summed E-state index contributed by atoms with van der Waals surface area (Å²) in [7, 11) is 1.59. The van der Waals surface area contributed by atoms with Crippen LogP contribution in [-0.4, -0.2) is 36.2 Å². The molecule has 3 aromatic carbocycles. The Bertz CT molecular complexity index is 1730. The van der Waals surface area contributed by atoms with Crippen molar-refractivity contribution in [3.63, 3.8) is 0 Å². The first-order valence-electron chi connectivity index (χ1n) is 11.6. The summed E-state index contributed by atoms with van der Waals surface area (Å²) >= 11 is 0. The second-order valence-corrected chi connectivity index (χ2v) is 7.93. The number of furan rings is 1. The predicted molar refractivity (Wildman–Crippen MR) is 143 cm³/mol. The second-order valence-electron chi connectivity index (χ2n) is 7.93. The van der Waals surface area contributed by atoms with E-state index >= 15 is 0 Å². The molecule has 0 amide bonds. The van der Waals surface area contributed by atoms with Gasteiger partial charge >= 0.3 is 0 Å². The van der Waals surface area contributed by atoms with E-state index in [0.29, 0.717) is 51.7 Å². The molecule has 0 N–H and O–H groups in total. The molecular formula is C29H23N3O5. The maximum Gasteiger partial charge on any atom is 0.282 e. The first-order valence-corrected chi connectivity index (χ1v) is 11.6. The lowest BCUT2D eigenvalue weighted by Gasteiger charge is -2.11. The molecule has 2 aromatic heterocycles. The average Bonchev–Trinajstić information content (AvgIpc) is 3.36. The van der Waals surface area contributed by atoms with Gasteiger partial charge in [0.1, 0.15) is 17.9 Å². The number of aromatic nitrogens is 2. The van der Waals surface area contributed by atoms with Crippen LogP contribution in [0, 0.1) is 12.3 Å². The largest absolute Gasteiger partial charge is 0.496 e. The number of hydrogen-bond acceptors (Lipinski definition) is 7. The van der Waals surface area contributed by atoms with E-state index in [1.807, 2.05) is 31.2 Å². The van der Waals surface area contributed by atoms with Crippen molar-refractivity contribution in [3.8, 4) is 41.2 Å². The molecule has 0 aliphatic carbocycles. The van der Waals surface area contributed by atoms with Gasteiger partial charge in [0, 0.05) is 0 Å². The standard InChI is InChI=1S/C29H23N3O5/c1-4-15-36-25-14-13-19(16-26(25)35-5-2)18-30-32-28(31-22-10-7-6-9-20(22)29(32)33)27-17-21-23(34-3)11-8-12-24(21)37-27/h1,6-14,16-18H,5,15H2,2-3H3. The SMILES string of the molecule is C#CCOc1ccc(C=Nn2c(-c3cc4c(OC)cccc4o3)nc3ccccc3c2=O)cc1OCC. The van der Waals surface area contributed by atoms with Crippen LogP contribution in [0.2, 0.25) is 0 Å². The molecule has 0 fully saturated rings. The van der Waals surface area contributed by atoms with Crippen LogP contribution >= 0.6 is 0 Å². The van der Waals surface area contributed by atoms with Gasteiger partial charge in [-0.15, -0.1) is 6.42 Å². The Morgan fingerprint density at radius 1 is 1.03 bits per heavy atom. The van der Waals surface area contributed by atoms with E-state index in [0.717, 1.165) is 5.39 Å². The van der Waals surface area contributed by atoms with Crippen LogP contribution in [0.25, 0.3) is 33.5 Å². The van der Waals surface area contributed by atoms with Crippen LogP contribution in [0.4, 0.5) is 0 Å². The Morgan fingerprint density at radius 2 is 1.89 bits per heavy atom. The maximum atomic E-state index is 13.5. The highest BCUT2D eigenvalue weighted by atomic mass is 16.5.